The average molecular weight is 473 g/mol. The van der Waals surface area contributed by atoms with Gasteiger partial charge in [-0.2, -0.15) is 26.3 Å². The number of carboxylic acids is 2. The van der Waals surface area contributed by atoms with Crippen LogP contribution in [0, 0.1) is 24.7 Å². The number of nitrogens with one attached hydrogen (secondary N) is 1. The number of allylic oxidation sites excluding steroid dienone is 2. The van der Waals surface area contributed by atoms with E-state index in [1.54, 1.807) is 0 Å². The van der Waals surface area contributed by atoms with Crippen molar-refractivity contribution in [1.29, 1.82) is 0 Å². The maximum Gasteiger partial charge on any atom is 0.490 e. The molecule has 32 heavy (non-hydrogen) atoms. The molecule has 2 bridgehead atoms. The summed E-state index contributed by atoms with van der Waals surface area (Å²) >= 11 is 0. The molecule has 0 unspecified atom stereocenters. The lowest BCUT2D eigenvalue weighted by Crippen LogP contribution is -2.23. The van der Waals surface area contributed by atoms with Gasteiger partial charge in [-0.1, -0.05) is 12.2 Å². The van der Waals surface area contributed by atoms with Gasteiger partial charge in [0.2, 0.25) is 0 Å². The van der Waals surface area contributed by atoms with Gasteiger partial charge in [-0.15, -0.1) is 0 Å². The van der Waals surface area contributed by atoms with E-state index in [2.05, 4.69) is 41.0 Å². The molecule has 3 rings (SSSR count). The van der Waals surface area contributed by atoms with Crippen LogP contribution in [0.15, 0.2) is 18.3 Å². The van der Waals surface area contributed by atoms with Crippen LogP contribution in [-0.4, -0.2) is 63.0 Å². The number of halogens is 6. The second-order valence-electron chi connectivity index (χ2n) is 7.69. The van der Waals surface area contributed by atoms with Gasteiger partial charge in [0, 0.05) is 11.9 Å². The number of aromatic amines is 1. The van der Waals surface area contributed by atoms with E-state index in [-0.39, 0.29) is 0 Å². The van der Waals surface area contributed by atoms with Crippen molar-refractivity contribution in [2.75, 3.05) is 13.6 Å². The highest BCUT2D eigenvalue weighted by Crippen LogP contribution is 2.44. The number of H-pyrrole nitrogens is 1. The van der Waals surface area contributed by atoms with Gasteiger partial charge in [0.05, 0.1) is 6.54 Å². The van der Waals surface area contributed by atoms with Crippen molar-refractivity contribution < 1.29 is 46.1 Å². The quantitative estimate of drug-likeness (QED) is 0.441. The van der Waals surface area contributed by atoms with Crippen molar-refractivity contribution in [2.45, 2.75) is 45.1 Å². The van der Waals surface area contributed by atoms with Crippen LogP contribution in [0.3, 0.4) is 0 Å². The third kappa shape index (κ3) is 9.71. The summed E-state index contributed by atoms with van der Waals surface area (Å²) in [7, 11) is 2.20. The number of hydrogen-bond acceptors (Lipinski definition) is 4. The third-order valence-electron chi connectivity index (χ3n) is 4.96. The zero-order valence-electron chi connectivity index (χ0n) is 17.4. The number of aryl methyl sites for hydroxylation is 1. The van der Waals surface area contributed by atoms with Gasteiger partial charge < -0.3 is 15.2 Å². The smallest absolute Gasteiger partial charge is 0.475 e. The van der Waals surface area contributed by atoms with Gasteiger partial charge in [0.25, 0.3) is 0 Å². The fourth-order valence-electron chi connectivity index (χ4n) is 3.49. The molecule has 1 saturated carbocycles. The van der Waals surface area contributed by atoms with E-state index in [9.17, 15) is 26.3 Å². The van der Waals surface area contributed by atoms with E-state index < -0.39 is 24.3 Å². The summed E-state index contributed by atoms with van der Waals surface area (Å²) in [4.78, 5) is 27.8. The lowest BCUT2D eigenvalue weighted by Gasteiger charge is -2.22. The van der Waals surface area contributed by atoms with Gasteiger partial charge in [0.1, 0.15) is 5.82 Å². The van der Waals surface area contributed by atoms with Gasteiger partial charge >= 0.3 is 24.3 Å². The van der Waals surface area contributed by atoms with E-state index in [0.717, 1.165) is 35.8 Å². The molecule has 1 aromatic rings. The summed E-state index contributed by atoms with van der Waals surface area (Å²) in [5.74, 6) is -1.71. The number of alkyl halides is 6. The molecule has 1 aromatic heterocycles. The Balaban J connectivity index is 0.000000305. The number of hydrogen-bond donors (Lipinski definition) is 3. The van der Waals surface area contributed by atoms with Crippen LogP contribution in [-0.2, 0) is 16.1 Å². The molecule has 182 valence electrons. The van der Waals surface area contributed by atoms with E-state index in [0.29, 0.717) is 0 Å². The largest absolute Gasteiger partial charge is 0.490 e. The average Bonchev–Trinajstić information content (AvgIpc) is 3.36. The van der Waals surface area contributed by atoms with Gasteiger partial charge in [-0.05, 0) is 57.5 Å². The Morgan fingerprint density at radius 3 is 1.97 bits per heavy atom. The molecular formula is C19H25F6N3O4. The first kappa shape index (κ1) is 27.5. The second-order valence-corrected chi connectivity index (χ2v) is 7.69. The van der Waals surface area contributed by atoms with Crippen molar-refractivity contribution in [3.8, 4) is 0 Å². The maximum absolute atomic E-state index is 10.6. The molecule has 0 spiro atoms. The minimum absolute atomic E-state index is 0.884. The molecule has 3 atom stereocenters. The second kappa shape index (κ2) is 11.3. The van der Waals surface area contributed by atoms with Crippen molar-refractivity contribution in [1.82, 2.24) is 14.9 Å². The molecule has 0 aliphatic heterocycles. The number of aliphatic carboxylic acids is 2. The standard InChI is InChI=1S/C15H23N3.2C2HF3O2/c1-11-9-16-15(17-11)10-18(2)6-5-14-8-12-3-4-13(14)7-12;2*3-2(4,5)1(6)7/h3-4,9,12-14H,5-8,10H2,1-2H3,(H,16,17);2*(H,6,7)/t12-,13+,14-;;/m1../s1. The zero-order valence-corrected chi connectivity index (χ0v) is 17.4. The summed E-state index contributed by atoms with van der Waals surface area (Å²) in [5, 5.41) is 14.2. The van der Waals surface area contributed by atoms with Crippen molar-refractivity contribution in [2.24, 2.45) is 17.8 Å². The van der Waals surface area contributed by atoms with Crippen LogP contribution < -0.4 is 0 Å². The summed E-state index contributed by atoms with van der Waals surface area (Å²) in [6, 6.07) is 0. The SMILES string of the molecule is Cc1cnc(CN(C)CC[C@@H]2C[C@@H]3C=C[C@H]2C3)[nH]1.O=C(O)C(F)(F)F.O=C(O)C(F)(F)F. The van der Waals surface area contributed by atoms with E-state index in [4.69, 9.17) is 19.8 Å². The first-order valence-corrected chi connectivity index (χ1v) is 9.57. The van der Waals surface area contributed by atoms with Gasteiger partial charge in [0.15, 0.2) is 0 Å². The molecule has 1 fully saturated rings. The van der Waals surface area contributed by atoms with Crippen molar-refractivity contribution in [3.63, 3.8) is 0 Å². The van der Waals surface area contributed by atoms with Gasteiger partial charge in [-0.3, -0.25) is 4.90 Å². The molecule has 13 heteroatoms. The molecular weight excluding hydrogens is 448 g/mol. The number of aromatic nitrogens is 2. The van der Waals surface area contributed by atoms with Gasteiger partial charge in [-0.25, -0.2) is 14.6 Å². The van der Waals surface area contributed by atoms with Crippen LogP contribution in [0.2, 0.25) is 0 Å². The highest BCUT2D eigenvalue weighted by molar-refractivity contribution is 5.73. The summed E-state index contributed by atoms with van der Waals surface area (Å²) in [6.07, 6.45) is 0.803. The van der Waals surface area contributed by atoms with Crippen LogP contribution in [0.4, 0.5) is 26.3 Å². The highest BCUT2D eigenvalue weighted by Gasteiger charge is 2.39. The normalized spacial score (nSPS) is 21.6. The third-order valence-corrected chi connectivity index (χ3v) is 4.96. The van der Waals surface area contributed by atoms with E-state index >= 15 is 0 Å². The molecule has 3 N–H and O–H groups in total. The molecule has 2 aliphatic rings. The van der Waals surface area contributed by atoms with E-state index in [1.807, 2.05) is 6.20 Å². The molecule has 1 heterocycles. The Morgan fingerprint density at radius 1 is 1.09 bits per heavy atom. The first-order chi connectivity index (χ1) is 14.6. The number of carbonyl (C=O) groups is 2. The van der Waals surface area contributed by atoms with Crippen molar-refractivity contribution >= 4 is 11.9 Å². The Labute approximate surface area is 180 Å². The fraction of sp³-hybridized carbons (Fsp3) is 0.632. The van der Waals surface area contributed by atoms with Crippen LogP contribution in [0.1, 0.15) is 30.8 Å². The fourth-order valence-corrected chi connectivity index (χ4v) is 3.49. The predicted octanol–water partition coefficient (Wildman–Crippen LogP) is 4.02. The minimum atomic E-state index is -5.08. The monoisotopic (exact) mass is 473 g/mol. The topological polar surface area (TPSA) is 107 Å². The number of fused-ring (bicyclic) bond motifs is 2. The number of imidazole rings is 1. The molecule has 0 saturated heterocycles. The minimum Gasteiger partial charge on any atom is -0.475 e. The molecule has 2 aliphatic carbocycles. The van der Waals surface area contributed by atoms with Crippen LogP contribution >= 0.6 is 0 Å². The Kier molecular flexibility index (Phi) is 9.73. The van der Waals surface area contributed by atoms with Crippen LogP contribution in [0.25, 0.3) is 0 Å². The Morgan fingerprint density at radius 2 is 1.62 bits per heavy atom. The number of nitrogens with zero attached hydrogens (tertiary/aromatic N) is 2. The van der Waals surface area contributed by atoms with E-state index in [1.165, 1.54) is 25.8 Å². The maximum atomic E-state index is 10.6. The Bertz CT molecular complexity index is 767. The molecule has 0 amide bonds. The van der Waals surface area contributed by atoms with Crippen molar-refractivity contribution in [3.05, 3.63) is 29.9 Å². The predicted molar refractivity (Wildman–Crippen MR) is 101 cm³/mol. The lowest BCUT2D eigenvalue weighted by atomic mass is 9.90. The molecule has 0 aromatic carbocycles. The summed E-state index contributed by atoms with van der Waals surface area (Å²) < 4.78 is 63.5. The summed E-state index contributed by atoms with van der Waals surface area (Å²) in [6.45, 7) is 4.17. The number of carboxylic acid groups (broad SMARTS) is 2. The summed E-state index contributed by atoms with van der Waals surface area (Å²) in [5.41, 5.74) is 1.15. The van der Waals surface area contributed by atoms with Crippen LogP contribution in [0.5, 0.6) is 0 Å². The molecule has 7 nitrogen and oxygen atoms in total. The first-order valence-electron chi connectivity index (χ1n) is 9.57. The Hall–Kier alpha value is -2.57. The zero-order chi connectivity index (χ0) is 24.7. The number of rotatable bonds is 5. The highest BCUT2D eigenvalue weighted by atomic mass is 19.4. The molecule has 0 radical (unpaired) electrons. The lowest BCUT2D eigenvalue weighted by molar-refractivity contribution is -0.193.